The molecule has 2 heterocycles. The van der Waals surface area contributed by atoms with Gasteiger partial charge in [0.05, 0.1) is 4.88 Å². The third kappa shape index (κ3) is 3.07. The van der Waals surface area contributed by atoms with E-state index in [9.17, 15) is 4.79 Å². The van der Waals surface area contributed by atoms with Gasteiger partial charge in [0.15, 0.2) is 0 Å². The van der Waals surface area contributed by atoms with Crippen molar-refractivity contribution in [3.63, 3.8) is 0 Å². The zero-order valence-electron chi connectivity index (χ0n) is 10.4. The average molecular weight is 339 g/mol. The van der Waals surface area contributed by atoms with E-state index in [4.69, 9.17) is 28.9 Å². The normalized spacial score (nSPS) is 10.8. The molecule has 0 saturated heterocycles. The van der Waals surface area contributed by atoms with Gasteiger partial charge in [0, 0.05) is 16.5 Å². The molecule has 5 nitrogen and oxygen atoms in total. The Morgan fingerprint density at radius 3 is 2.76 bits per heavy atom. The molecule has 106 valence electrons. The van der Waals surface area contributed by atoms with Gasteiger partial charge in [0.25, 0.3) is 5.91 Å². The standard InChI is InChI=1S/C13H8Cl2N4OS/c14-10-5-11(19-13(15)17-10)18-12(20)9-4-6-3-7(16)1-2-8(6)21-9/h1-5H,16H2,(H,17,18,19,20). The Labute approximate surface area is 133 Å². The van der Waals surface area contributed by atoms with Gasteiger partial charge in [0.2, 0.25) is 5.28 Å². The average Bonchev–Trinajstić information content (AvgIpc) is 2.80. The number of hydrogen-bond donors (Lipinski definition) is 2. The van der Waals surface area contributed by atoms with Crippen LogP contribution in [0.4, 0.5) is 11.5 Å². The Kier molecular flexibility index (Phi) is 3.67. The first-order valence-electron chi connectivity index (χ1n) is 5.82. The number of aromatic nitrogens is 2. The van der Waals surface area contributed by atoms with Gasteiger partial charge in [-0.25, -0.2) is 9.97 Å². The van der Waals surface area contributed by atoms with E-state index in [1.165, 1.54) is 17.4 Å². The second-order valence-electron chi connectivity index (χ2n) is 4.21. The van der Waals surface area contributed by atoms with Crippen molar-refractivity contribution in [2.75, 3.05) is 11.1 Å². The molecule has 0 bridgehead atoms. The van der Waals surface area contributed by atoms with Crippen LogP contribution in [0.25, 0.3) is 10.1 Å². The Hall–Kier alpha value is -1.89. The molecule has 1 amide bonds. The number of fused-ring (bicyclic) bond motifs is 1. The maximum absolute atomic E-state index is 12.2. The van der Waals surface area contributed by atoms with Gasteiger partial charge in [-0.2, -0.15) is 0 Å². The number of thiophene rings is 1. The highest BCUT2D eigenvalue weighted by molar-refractivity contribution is 7.20. The number of nitrogens with two attached hydrogens (primary N) is 1. The van der Waals surface area contributed by atoms with E-state index in [1.54, 1.807) is 12.1 Å². The highest BCUT2D eigenvalue weighted by atomic mass is 35.5. The molecular formula is C13H8Cl2N4OS. The van der Waals surface area contributed by atoms with Crippen molar-refractivity contribution in [2.45, 2.75) is 0 Å². The van der Waals surface area contributed by atoms with Gasteiger partial charge in [-0.1, -0.05) is 11.6 Å². The van der Waals surface area contributed by atoms with Gasteiger partial charge in [-0.3, -0.25) is 4.79 Å². The number of hydrogen-bond acceptors (Lipinski definition) is 5. The van der Waals surface area contributed by atoms with Crippen LogP contribution in [0.15, 0.2) is 30.3 Å². The monoisotopic (exact) mass is 338 g/mol. The number of halogens is 2. The molecule has 1 aromatic carbocycles. The molecule has 0 unspecified atom stereocenters. The van der Waals surface area contributed by atoms with Crippen LogP contribution in [0.1, 0.15) is 9.67 Å². The van der Waals surface area contributed by atoms with E-state index in [-0.39, 0.29) is 22.2 Å². The fourth-order valence-corrected chi connectivity index (χ4v) is 3.15. The molecule has 0 aliphatic heterocycles. The molecule has 0 radical (unpaired) electrons. The van der Waals surface area contributed by atoms with Crippen LogP contribution in [-0.2, 0) is 0 Å². The minimum Gasteiger partial charge on any atom is -0.399 e. The van der Waals surface area contributed by atoms with E-state index >= 15 is 0 Å². The maximum Gasteiger partial charge on any atom is 0.266 e. The Balaban J connectivity index is 1.89. The summed E-state index contributed by atoms with van der Waals surface area (Å²) in [6.45, 7) is 0. The van der Waals surface area contributed by atoms with E-state index in [0.29, 0.717) is 10.6 Å². The molecule has 2 aromatic heterocycles. The fraction of sp³-hybridized carbons (Fsp3) is 0. The van der Waals surface area contributed by atoms with E-state index in [1.807, 2.05) is 12.1 Å². The molecular weight excluding hydrogens is 331 g/mol. The first-order chi connectivity index (χ1) is 10.0. The highest BCUT2D eigenvalue weighted by Crippen LogP contribution is 2.28. The Morgan fingerprint density at radius 2 is 2.00 bits per heavy atom. The fourth-order valence-electron chi connectivity index (χ4n) is 1.81. The van der Waals surface area contributed by atoms with Crippen LogP contribution in [0.3, 0.4) is 0 Å². The van der Waals surface area contributed by atoms with Crippen molar-refractivity contribution < 1.29 is 4.79 Å². The summed E-state index contributed by atoms with van der Waals surface area (Å²) in [5.41, 5.74) is 6.38. The van der Waals surface area contributed by atoms with Crippen LogP contribution >= 0.6 is 34.5 Å². The quantitative estimate of drug-likeness (QED) is 0.422. The van der Waals surface area contributed by atoms with Gasteiger partial charge >= 0.3 is 0 Å². The van der Waals surface area contributed by atoms with E-state index < -0.39 is 0 Å². The van der Waals surface area contributed by atoms with Gasteiger partial charge in [0.1, 0.15) is 11.0 Å². The van der Waals surface area contributed by atoms with Crippen molar-refractivity contribution in [3.8, 4) is 0 Å². The lowest BCUT2D eigenvalue weighted by molar-refractivity contribution is 0.103. The number of amides is 1. The second-order valence-corrected chi connectivity index (χ2v) is 6.02. The Bertz CT molecular complexity index is 829. The molecule has 0 saturated carbocycles. The predicted molar refractivity (Wildman–Crippen MR) is 86.2 cm³/mol. The minimum absolute atomic E-state index is 0.0260. The van der Waals surface area contributed by atoms with Crippen molar-refractivity contribution in [1.82, 2.24) is 9.97 Å². The summed E-state index contributed by atoms with van der Waals surface area (Å²) in [6, 6.07) is 8.70. The summed E-state index contributed by atoms with van der Waals surface area (Å²) in [7, 11) is 0. The number of carbonyl (C=O) groups excluding carboxylic acids is 1. The summed E-state index contributed by atoms with van der Waals surface area (Å²) in [4.78, 5) is 20.4. The summed E-state index contributed by atoms with van der Waals surface area (Å²) >= 11 is 12.8. The highest BCUT2D eigenvalue weighted by Gasteiger charge is 2.12. The topological polar surface area (TPSA) is 80.9 Å². The van der Waals surface area contributed by atoms with Gasteiger partial charge < -0.3 is 11.1 Å². The Morgan fingerprint density at radius 1 is 1.19 bits per heavy atom. The van der Waals surface area contributed by atoms with Crippen LogP contribution < -0.4 is 11.1 Å². The molecule has 0 atom stereocenters. The number of carbonyl (C=O) groups is 1. The number of nitrogen functional groups attached to an aromatic ring is 1. The zero-order chi connectivity index (χ0) is 15.0. The molecule has 3 rings (SSSR count). The molecule has 3 N–H and O–H groups in total. The number of rotatable bonds is 2. The molecule has 0 spiro atoms. The second kappa shape index (κ2) is 5.48. The van der Waals surface area contributed by atoms with Crippen molar-refractivity contribution >= 4 is 62.0 Å². The number of anilines is 2. The third-order valence-corrected chi connectivity index (χ3v) is 4.15. The summed E-state index contributed by atoms with van der Waals surface area (Å²) in [6.07, 6.45) is 0. The molecule has 0 aliphatic rings. The first-order valence-corrected chi connectivity index (χ1v) is 7.39. The van der Waals surface area contributed by atoms with Crippen molar-refractivity contribution in [3.05, 3.63) is 45.6 Å². The number of nitrogens with one attached hydrogen (secondary N) is 1. The van der Waals surface area contributed by atoms with Gasteiger partial charge in [-0.05, 0) is 41.3 Å². The predicted octanol–water partition coefficient (Wildman–Crippen LogP) is 3.83. The van der Waals surface area contributed by atoms with Crippen LogP contribution in [-0.4, -0.2) is 15.9 Å². The molecule has 8 heteroatoms. The van der Waals surface area contributed by atoms with Crippen molar-refractivity contribution in [1.29, 1.82) is 0 Å². The zero-order valence-corrected chi connectivity index (χ0v) is 12.8. The van der Waals surface area contributed by atoms with E-state index in [0.717, 1.165) is 10.1 Å². The van der Waals surface area contributed by atoms with Crippen LogP contribution in [0.5, 0.6) is 0 Å². The van der Waals surface area contributed by atoms with Crippen LogP contribution in [0.2, 0.25) is 10.4 Å². The van der Waals surface area contributed by atoms with E-state index in [2.05, 4.69) is 15.3 Å². The SMILES string of the molecule is Nc1ccc2sc(C(=O)Nc3cc(Cl)nc(Cl)n3)cc2c1. The molecule has 21 heavy (non-hydrogen) atoms. The smallest absolute Gasteiger partial charge is 0.266 e. The van der Waals surface area contributed by atoms with Crippen LogP contribution in [0, 0.1) is 0 Å². The minimum atomic E-state index is -0.291. The lowest BCUT2D eigenvalue weighted by Gasteiger charge is -2.02. The molecule has 0 fully saturated rings. The molecule has 0 aliphatic carbocycles. The maximum atomic E-state index is 12.2. The van der Waals surface area contributed by atoms with Crippen molar-refractivity contribution in [2.24, 2.45) is 0 Å². The third-order valence-electron chi connectivity index (χ3n) is 2.67. The summed E-state index contributed by atoms with van der Waals surface area (Å²) in [5, 5.41) is 3.69. The number of benzene rings is 1. The largest absolute Gasteiger partial charge is 0.399 e. The summed E-state index contributed by atoms with van der Waals surface area (Å²) in [5.74, 6) is -0.0393. The lowest BCUT2D eigenvalue weighted by Crippen LogP contribution is -2.11. The summed E-state index contributed by atoms with van der Waals surface area (Å²) < 4.78 is 0.980. The lowest BCUT2D eigenvalue weighted by atomic mass is 10.2. The van der Waals surface area contributed by atoms with Gasteiger partial charge in [-0.15, -0.1) is 11.3 Å². The molecule has 3 aromatic rings. The number of nitrogens with zero attached hydrogens (tertiary/aromatic N) is 2. The first kappa shape index (κ1) is 14.1.